The van der Waals surface area contributed by atoms with Crippen LogP contribution in [0.5, 0.6) is 0 Å². The van der Waals surface area contributed by atoms with Crippen molar-refractivity contribution in [2.75, 3.05) is 32.7 Å². The second-order valence-electron chi connectivity index (χ2n) is 10.1. The summed E-state index contributed by atoms with van der Waals surface area (Å²) in [6.07, 6.45) is 4.04. The number of hydrogen-bond donors (Lipinski definition) is 3. The summed E-state index contributed by atoms with van der Waals surface area (Å²) in [5.74, 6) is -4.46. The van der Waals surface area contributed by atoms with Crippen molar-refractivity contribution in [1.82, 2.24) is 9.80 Å². The Bertz CT molecular complexity index is 1080. The molecule has 1 atom stereocenters. The second kappa shape index (κ2) is 14.2. The number of carbonyl (C=O) groups is 3. The molecule has 2 heterocycles. The minimum Gasteiger partial charge on any atom is -0.473 e. The number of benzene rings is 2. The molecule has 218 valence electrons. The lowest BCUT2D eigenvalue weighted by molar-refractivity contribution is -0.159. The van der Waals surface area contributed by atoms with Crippen molar-refractivity contribution in [3.63, 3.8) is 0 Å². The molecular formula is C29H36F2N2O7. The molecule has 11 heteroatoms. The van der Waals surface area contributed by atoms with Crippen LogP contribution in [0.2, 0.25) is 0 Å². The summed E-state index contributed by atoms with van der Waals surface area (Å²) in [6, 6.07) is 11.9. The first-order chi connectivity index (χ1) is 19.0. The summed E-state index contributed by atoms with van der Waals surface area (Å²) in [5.41, 5.74) is -0.0955. The largest absolute Gasteiger partial charge is 0.473 e. The first-order valence-electron chi connectivity index (χ1n) is 13.4. The SMILES string of the molecule is CCCCN1CC(CCN2CCC(C(O)(c3ccc(F)cc3)c3ccc(F)cc3)CC2)OC1=O.O=C(O)C(=O)O. The predicted molar refractivity (Wildman–Crippen MR) is 142 cm³/mol. The first-order valence-corrected chi connectivity index (χ1v) is 13.4. The number of carbonyl (C=O) groups excluding carboxylic acids is 1. The molecule has 2 aliphatic rings. The molecule has 2 fully saturated rings. The quantitative estimate of drug-likeness (QED) is 0.390. The monoisotopic (exact) mass is 562 g/mol. The number of nitrogens with zero attached hydrogens (tertiary/aromatic N) is 2. The van der Waals surface area contributed by atoms with Crippen LogP contribution in [0.3, 0.4) is 0 Å². The van der Waals surface area contributed by atoms with Crippen molar-refractivity contribution in [1.29, 1.82) is 0 Å². The van der Waals surface area contributed by atoms with Gasteiger partial charge in [0, 0.05) is 13.1 Å². The fraction of sp³-hybridized carbons (Fsp3) is 0.483. The molecule has 9 nitrogen and oxygen atoms in total. The van der Waals surface area contributed by atoms with E-state index < -0.39 is 17.5 Å². The van der Waals surface area contributed by atoms with Gasteiger partial charge < -0.3 is 29.9 Å². The summed E-state index contributed by atoms with van der Waals surface area (Å²) < 4.78 is 32.7. The van der Waals surface area contributed by atoms with Crippen LogP contribution in [0.25, 0.3) is 0 Å². The molecule has 1 unspecified atom stereocenters. The summed E-state index contributed by atoms with van der Waals surface area (Å²) in [4.78, 5) is 34.4. The van der Waals surface area contributed by atoms with Crippen molar-refractivity contribution >= 4 is 18.0 Å². The van der Waals surface area contributed by atoms with E-state index in [1.54, 1.807) is 29.2 Å². The third-order valence-electron chi connectivity index (χ3n) is 7.43. The lowest BCUT2D eigenvalue weighted by Gasteiger charge is -2.42. The van der Waals surface area contributed by atoms with Gasteiger partial charge in [0.2, 0.25) is 0 Å². The van der Waals surface area contributed by atoms with Gasteiger partial charge in [-0.3, -0.25) is 0 Å². The van der Waals surface area contributed by atoms with Gasteiger partial charge in [-0.1, -0.05) is 37.6 Å². The maximum Gasteiger partial charge on any atom is 0.414 e. The number of ether oxygens (including phenoxy) is 1. The number of hydrogen-bond acceptors (Lipinski definition) is 6. The van der Waals surface area contributed by atoms with Gasteiger partial charge in [-0.05, 0) is 80.1 Å². The molecular weight excluding hydrogens is 526 g/mol. The van der Waals surface area contributed by atoms with Crippen molar-refractivity contribution in [3.8, 4) is 0 Å². The van der Waals surface area contributed by atoms with E-state index in [-0.39, 0.29) is 29.7 Å². The zero-order valence-corrected chi connectivity index (χ0v) is 22.5. The van der Waals surface area contributed by atoms with Crippen molar-refractivity contribution in [2.24, 2.45) is 5.92 Å². The minimum atomic E-state index is -1.82. The van der Waals surface area contributed by atoms with Gasteiger partial charge in [-0.25, -0.2) is 23.2 Å². The lowest BCUT2D eigenvalue weighted by atomic mass is 9.72. The van der Waals surface area contributed by atoms with Gasteiger partial charge in [0.25, 0.3) is 0 Å². The van der Waals surface area contributed by atoms with Crippen LogP contribution in [0.4, 0.5) is 13.6 Å². The molecule has 0 bridgehead atoms. The van der Waals surface area contributed by atoms with Crippen molar-refractivity contribution < 1.29 is 43.2 Å². The Hall–Kier alpha value is -3.57. The summed E-state index contributed by atoms with van der Waals surface area (Å²) in [5, 5.41) is 26.7. The molecule has 0 radical (unpaired) electrons. The van der Waals surface area contributed by atoms with Gasteiger partial charge in [-0.15, -0.1) is 0 Å². The third-order valence-corrected chi connectivity index (χ3v) is 7.43. The van der Waals surface area contributed by atoms with E-state index >= 15 is 0 Å². The number of rotatable bonds is 9. The van der Waals surface area contributed by atoms with E-state index in [2.05, 4.69) is 11.8 Å². The zero-order valence-electron chi connectivity index (χ0n) is 22.5. The average molecular weight is 563 g/mol. The molecule has 0 aromatic heterocycles. The van der Waals surface area contributed by atoms with Crippen molar-refractivity contribution in [2.45, 2.75) is 50.7 Å². The van der Waals surface area contributed by atoms with Gasteiger partial charge >= 0.3 is 18.0 Å². The number of cyclic esters (lactones) is 1. The molecule has 0 saturated carbocycles. The highest BCUT2D eigenvalue weighted by Gasteiger charge is 2.42. The summed E-state index contributed by atoms with van der Waals surface area (Å²) in [7, 11) is 0. The number of amides is 1. The maximum absolute atomic E-state index is 13.6. The van der Waals surface area contributed by atoms with Crippen LogP contribution in [0, 0.1) is 17.6 Å². The van der Waals surface area contributed by atoms with Crippen LogP contribution in [-0.4, -0.2) is 82.0 Å². The molecule has 40 heavy (non-hydrogen) atoms. The topological polar surface area (TPSA) is 128 Å². The van der Waals surface area contributed by atoms with E-state index in [9.17, 15) is 18.7 Å². The number of carboxylic acid groups (broad SMARTS) is 2. The maximum atomic E-state index is 13.6. The molecule has 2 aromatic rings. The summed E-state index contributed by atoms with van der Waals surface area (Å²) >= 11 is 0. The second-order valence-corrected chi connectivity index (χ2v) is 10.1. The van der Waals surface area contributed by atoms with Crippen LogP contribution in [0.1, 0.15) is 50.2 Å². The Balaban J connectivity index is 0.000000663. The molecule has 4 rings (SSSR count). The number of halogens is 2. The fourth-order valence-corrected chi connectivity index (χ4v) is 5.20. The number of likely N-dealkylation sites (tertiary alicyclic amines) is 1. The van der Waals surface area contributed by atoms with E-state index in [1.807, 2.05) is 0 Å². The number of aliphatic hydroxyl groups is 1. The van der Waals surface area contributed by atoms with Crippen LogP contribution < -0.4 is 0 Å². The molecule has 2 aliphatic heterocycles. The van der Waals surface area contributed by atoms with Crippen molar-refractivity contribution in [3.05, 3.63) is 71.3 Å². The minimum absolute atomic E-state index is 0.0718. The van der Waals surface area contributed by atoms with Crippen LogP contribution in [-0.2, 0) is 19.9 Å². The highest BCUT2D eigenvalue weighted by atomic mass is 19.1. The third kappa shape index (κ3) is 7.98. The average Bonchev–Trinajstić information content (AvgIpc) is 3.30. The first kappa shape index (κ1) is 31.0. The highest BCUT2D eigenvalue weighted by Crippen LogP contribution is 2.42. The molecule has 2 aromatic carbocycles. The van der Waals surface area contributed by atoms with Crippen LogP contribution in [0.15, 0.2) is 48.5 Å². The van der Waals surface area contributed by atoms with Gasteiger partial charge in [0.1, 0.15) is 23.3 Å². The Morgan fingerprint density at radius 2 is 1.43 bits per heavy atom. The van der Waals surface area contributed by atoms with E-state index in [4.69, 9.17) is 24.5 Å². The molecule has 1 amide bonds. The van der Waals surface area contributed by atoms with Crippen LogP contribution >= 0.6 is 0 Å². The summed E-state index contributed by atoms with van der Waals surface area (Å²) in [6.45, 7) is 5.95. The molecule has 2 saturated heterocycles. The zero-order chi connectivity index (χ0) is 29.3. The lowest BCUT2D eigenvalue weighted by Crippen LogP contribution is -2.45. The number of carboxylic acids is 2. The molecule has 0 aliphatic carbocycles. The standard InChI is InChI=1S/C27H34F2N2O3.C2H2O4/c1-2-3-15-31-19-25(34-26(31)32)14-18-30-16-12-22(13-17-30)27(33,20-4-8-23(28)9-5-20)21-6-10-24(29)11-7-21;3-1(4)2(5)6/h4-11,22,25,33H,2-3,12-19H2,1H3;(H,3,4)(H,5,6). The molecule has 0 spiro atoms. The number of aliphatic carboxylic acids is 2. The normalized spacial score (nSPS) is 18.1. The Labute approximate surface area is 232 Å². The Kier molecular flexibility index (Phi) is 11.0. The van der Waals surface area contributed by atoms with E-state index in [1.165, 1.54) is 24.3 Å². The van der Waals surface area contributed by atoms with E-state index in [0.717, 1.165) is 58.3 Å². The van der Waals surface area contributed by atoms with Gasteiger partial charge in [-0.2, -0.15) is 0 Å². The molecule has 3 N–H and O–H groups in total. The van der Waals surface area contributed by atoms with Gasteiger partial charge in [0.05, 0.1) is 6.54 Å². The predicted octanol–water partition coefficient (Wildman–Crippen LogP) is 4.08. The highest BCUT2D eigenvalue weighted by molar-refractivity contribution is 6.27. The number of unbranched alkanes of at least 4 members (excludes halogenated alkanes) is 1. The van der Waals surface area contributed by atoms with E-state index in [0.29, 0.717) is 17.7 Å². The fourth-order valence-electron chi connectivity index (χ4n) is 5.20. The smallest absolute Gasteiger partial charge is 0.414 e. The Morgan fingerprint density at radius 1 is 0.925 bits per heavy atom. The Morgan fingerprint density at radius 3 is 1.88 bits per heavy atom. The van der Waals surface area contributed by atoms with Gasteiger partial charge in [0.15, 0.2) is 0 Å². The number of piperidine rings is 1.